The predicted molar refractivity (Wildman–Crippen MR) is 134 cm³/mol. The molecular formula is C28H32N4O3. The number of hydrogen-bond acceptors (Lipinski definition) is 4. The van der Waals surface area contributed by atoms with E-state index in [9.17, 15) is 14.7 Å². The maximum atomic E-state index is 13.0. The van der Waals surface area contributed by atoms with Crippen molar-refractivity contribution in [2.75, 3.05) is 0 Å². The summed E-state index contributed by atoms with van der Waals surface area (Å²) >= 11 is 0. The van der Waals surface area contributed by atoms with Gasteiger partial charge in [-0.1, -0.05) is 32.0 Å². The summed E-state index contributed by atoms with van der Waals surface area (Å²) in [6.07, 6.45) is 1.39. The highest BCUT2D eigenvalue weighted by Gasteiger charge is 2.34. The van der Waals surface area contributed by atoms with Gasteiger partial charge in [0.25, 0.3) is 11.8 Å². The molecule has 2 aromatic carbocycles. The molecule has 1 aliphatic heterocycles. The van der Waals surface area contributed by atoms with Crippen LogP contribution in [0.5, 0.6) is 0 Å². The molecule has 182 valence electrons. The highest BCUT2D eigenvalue weighted by molar-refractivity contribution is 5.99. The minimum absolute atomic E-state index is 0.0208. The summed E-state index contributed by atoms with van der Waals surface area (Å²) in [7, 11) is 0. The quantitative estimate of drug-likeness (QED) is 0.507. The van der Waals surface area contributed by atoms with Crippen LogP contribution in [0.3, 0.4) is 0 Å². The van der Waals surface area contributed by atoms with Crippen molar-refractivity contribution in [2.45, 2.75) is 65.8 Å². The third kappa shape index (κ3) is 4.48. The second-order valence-electron chi connectivity index (χ2n) is 10.8. The van der Waals surface area contributed by atoms with Gasteiger partial charge in [-0.15, -0.1) is 0 Å². The molecule has 0 spiro atoms. The van der Waals surface area contributed by atoms with E-state index in [0.29, 0.717) is 18.7 Å². The number of hydrogen-bond donors (Lipinski definition) is 3. The highest BCUT2D eigenvalue weighted by atomic mass is 16.3. The summed E-state index contributed by atoms with van der Waals surface area (Å²) in [5.41, 5.74) is 8.05. The Morgan fingerprint density at radius 3 is 2.63 bits per heavy atom. The number of fused-ring (bicyclic) bond motifs is 2. The fourth-order valence-electron chi connectivity index (χ4n) is 5.04. The fraction of sp³-hybridized carbons (Fsp3) is 0.393. The van der Waals surface area contributed by atoms with E-state index in [1.54, 1.807) is 26.0 Å². The first kappa shape index (κ1) is 23.3. The van der Waals surface area contributed by atoms with Crippen LogP contribution in [0.2, 0.25) is 0 Å². The average molecular weight is 473 g/mol. The molecule has 7 nitrogen and oxygen atoms in total. The van der Waals surface area contributed by atoms with Crippen LogP contribution in [0, 0.1) is 5.41 Å². The maximum Gasteiger partial charge on any atom is 0.254 e. The minimum atomic E-state index is -0.623. The molecule has 7 heteroatoms. The Bertz CT molecular complexity index is 1290. The number of H-pyrrole nitrogens is 1. The molecule has 35 heavy (non-hydrogen) atoms. The number of benzene rings is 2. The van der Waals surface area contributed by atoms with Crippen LogP contribution in [-0.4, -0.2) is 44.2 Å². The van der Waals surface area contributed by atoms with E-state index in [2.05, 4.69) is 35.4 Å². The predicted octanol–water partition coefficient (Wildman–Crippen LogP) is 3.86. The zero-order valence-corrected chi connectivity index (χ0v) is 20.7. The van der Waals surface area contributed by atoms with Gasteiger partial charge in [-0.2, -0.15) is 5.10 Å². The standard InChI is InChI=1S/C28H32N4O3/c1-16(17(2)33)29-26(34)19-7-5-18(6-8-19)14-32-15-21-11-20(9-10-22(21)27(32)35)25-23-12-28(3,4)13-24(23)30-31-25/h5-11,16-17,33H,12-15H2,1-4H3,(H,29,34)(H,30,31)/t16-,17-/m1/s1. The van der Waals surface area contributed by atoms with E-state index in [4.69, 9.17) is 0 Å². The molecular weight excluding hydrogens is 440 g/mol. The van der Waals surface area contributed by atoms with Crippen molar-refractivity contribution in [2.24, 2.45) is 5.41 Å². The molecule has 1 aromatic heterocycles. The fourth-order valence-corrected chi connectivity index (χ4v) is 5.04. The Morgan fingerprint density at radius 2 is 1.91 bits per heavy atom. The van der Waals surface area contributed by atoms with Crippen molar-refractivity contribution in [1.82, 2.24) is 20.4 Å². The van der Waals surface area contributed by atoms with Crippen LogP contribution < -0.4 is 5.32 Å². The van der Waals surface area contributed by atoms with E-state index in [1.807, 2.05) is 29.2 Å². The van der Waals surface area contributed by atoms with Crippen LogP contribution in [0.15, 0.2) is 42.5 Å². The van der Waals surface area contributed by atoms with Crippen molar-refractivity contribution in [3.63, 3.8) is 0 Å². The molecule has 0 saturated carbocycles. The number of nitrogens with zero attached hydrogens (tertiary/aromatic N) is 2. The number of nitrogens with one attached hydrogen (secondary N) is 2. The summed E-state index contributed by atoms with van der Waals surface area (Å²) in [5, 5.41) is 20.2. The molecule has 1 aliphatic carbocycles. The molecule has 2 heterocycles. The SMILES string of the molecule is C[C@@H](O)[C@@H](C)NC(=O)c1ccc(CN2Cc3cc(-c4n[nH]c5c4CC(C)(C)C5)ccc3C2=O)cc1. The average Bonchev–Trinajstić information content (AvgIpc) is 3.43. The van der Waals surface area contributed by atoms with Crippen molar-refractivity contribution in [3.8, 4) is 11.3 Å². The lowest BCUT2D eigenvalue weighted by Gasteiger charge is -2.17. The van der Waals surface area contributed by atoms with E-state index >= 15 is 0 Å². The van der Waals surface area contributed by atoms with E-state index < -0.39 is 6.10 Å². The van der Waals surface area contributed by atoms with E-state index in [1.165, 1.54) is 11.3 Å². The summed E-state index contributed by atoms with van der Waals surface area (Å²) in [4.78, 5) is 27.2. The van der Waals surface area contributed by atoms with Crippen LogP contribution in [0.1, 0.15) is 70.8 Å². The Labute approximate surface area is 205 Å². The van der Waals surface area contributed by atoms with E-state index in [-0.39, 0.29) is 23.3 Å². The number of carbonyl (C=O) groups excluding carboxylic acids is 2. The number of aromatic nitrogens is 2. The summed E-state index contributed by atoms with van der Waals surface area (Å²) in [5.74, 6) is -0.206. The van der Waals surface area contributed by atoms with Gasteiger partial charge in [-0.25, -0.2) is 0 Å². The third-order valence-corrected chi connectivity index (χ3v) is 7.19. The molecule has 2 atom stereocenters. The smallest absolute Gasteiger partial charge is 0.254 e. The molecule has 5 rings (SSSR count). The lowest BCUT2D eigenvalue weighted by Crippen LogP contribution is -2.39. The molecule has 2 amide bonds. The zero-order chi connectivity index (χ0) is 24.9. The van der Waals surface area contributed by atoms with Gasteiger partial charge in [0.05, 0.1) is 17.8 Å². The second kappa shape index (κ2) is 8.64. The van der Waals surface area contributed by atoms with Gasteiger partial charge in [-0.3, -0.25) is 14.7 Å². The summed E-state index contributed by atoms with van der Waals surface area (Å²) in [6.45, 7) is 8.98. The Morgan fingerprint density at radius 1 is 1.17 bits per heavy atom. The first-order chi connectivity index (χ1) is 16.6. The van der Waals surface area contributed by atoms with Gasteiger partial charge in [0.2, 0.25) is 0 Å². The van der Waals surface area contributed by atoms with Crippen molar-refractivity contribution < 1.29 is 14.7 Å². The lowest BCUT2D eigenvalue weighted by molar-refractivity contribution is 0.0766. The van der Waals surface area contributed by atoms with Gasteiger partial charge in [-0.05, 0) is 67.5 Å². The van der Waals surface area contributed by atoms with Crippen LogP contribution in [0.4, 0.5) is 0 Å². The normalized spacial score (nSPS) is 17.7. The van der Waals surface area contributed by atoms with Crippen molar-refractivity contribution in [1.29, 1.82) is 0 Å². The molecule has 0 unspecified atom stereocenters. The van der Waals surface area contributed by atoms with Gasteiger partial charge >= 0.3 is 0 Å². The summed E-state index contributed by atoms with van der Waals surface area (Å²) in [6, 6.07) is 13.0. The largest absolute Gasteiger partial charge is 0.391 e. The molecule has 2 aliphatic rings. The molecule has 3 aromatic rings. The van der Waals surface area contributed by atoms with Gasteiger partial charge < -0.3 is 15.3 Å². The molecule has 0 bridgehead atoms. The van der Waals surface area contributed by atoms with Crippen LogP contribution >= 0.6 is 0 Å². The Hall–Kier alpha value is -3.45. The topological polar surface area (TPSA) is 98.3 Å². The number of aliphatic hydroxyl groups excluding tert-OH is 1. The zero-order valence-electron chi connectivity index (χ0n) is 20.7. The minimum Gasteiger partial charge on any atom is -0.391 e. The van der Waals surface area contributed by atoms with Crippen molar-refractivity contribution in [3.05, 3.63) is 76.0 Å². The monoisotopic (exact) mass is 472 g/mol. The Kier molecular flexibility index (Phi) is 5.75. The number of amides is 2. The van der Waals surface area contributed by atoms with Gasteiger partial charge in [0.1, 0.15) is 0 Å². The number of aliphatic hydroxyl groups is 1. The number of aromatic amines is 1. The molecule has 0 fully saturated rings. The number of carbonyl (C=O) groups is 2. The second-order valence-corrected chi connectivity index (χ2v) is 10.8. The van der Waals surface area contributed by atoms with Gasteiger partial charge in [0, 0.05) is 41.0 Å². The van der Waals surface area contributed by atoms with Crippen LogP contribution in [0.25, 0.3) is 11.3 Å². The first-order valence-electron chi connectivity index (χ1n) is 12.2. The molecule has 3 N–H and O–H groups in total. The lowest BCUT2D eigenvalue weighted by atomic mass is 9.90. The Balaban J connectivity index is 1.28. The maximum absolute atomic E-state index is 13.0. The van der Waals surface area contributed by atoms with Crippen LogP contribution in [-0.2, 0) is 25.9 Å². The van der Waals surface area contributed by atoms with Crippen molar-refractivity contribution >= 4 is 11.8 Å². The van der Waals surface area contributed by atoms with E-state index in [0.717, 1.165) is 40.8 Å². The first-order valence-corrected chi connectivity index (χ1v) is 12.2. The number of rotatable bonds is 6. The highest BCUT2D eigenvalue weighted by Crippen LogP contribution is 2.40. The molecule has 0 saturated heterocycles. The molecule has 0 radical (unpaired) electrons. The van der Waals surface area contributed by atoms with Gasteiger partial charge in [0.15, 0.2) is 0 Å². The summed E-state index contributed by atoms with van der Waals surface area (Å²) < 4.78 is 0. The third-order valence-electron chi connectivity index (χ3n) is 7.19.